The summed E-state index contributed by atoms with van der Waals surface area (Å²) in [6.45, 7) is 9.55. The average Bonchev–Trinajstić information content (AvgIpc) is 3.18. The van der Waals surface area contributed by atoms with Crippen molar-refractivity contribution < 1.29 is 0 Å². The van der Waals surface area contributed by atoms with Gasteiger partial charge < -0.3 is 9.80 Å². The Hall–Kier alpha value is -5.80. The lowest BCUT2D eigenvalue weighted by Gasteiger charge is -2.46. The maximum absolute atomic E-state index is 2.58. The summed E-state index contributed by atoms with van der Waals surface area (Å²) in [4.78, 5) is 5.05. The molecular weight excluding hydrogens is 615 g/mol. The average molecular weight is 657 g/mol. The summed E-state index contributed by atoms with van der Waals surface area (Å²) in [5, 5.41) is 0. The van der Waals surface area contributed by atoms with E-state index in [-0.39, 0.29) is 17.5 Å². The SMILES string of the molecule is CC(C)(c1ccccc1)c1ccccc1N1c2cccc3c2B(c2ccccc2N3c2ccccc2)c2c1cccc2C(C)(C)c1ccccc1. The maximum Gasteiger partial charge on any atom is 0.252 e. The maximum atomic E-state index is 2.58. The van der Waals surface area contributed by atoms with Gasteiger partial charge in [0.25, 0.3) is 6.71 Å². The van der Waals surface area contributed by atoms with Gasteiger partial charge in [-0.2, -0.15) is 0 Å². The highest BCUT2D eigenvalue weighted by Gasteiger charge is 2.46. The predicted molar refractivity (Wildman–Crippen MR) is 218 cm³/mol. The van der Waals surface area contributed by atoms with Crippen LogP contribution in [0.1, 0.15) is 49.9 Å². The van der Waals surface area contributed by atoms with Crippen molar-refractivity contribution in [2.24, 2.45) is 0 Å². The molecule has 2 heterocycles. The van der Waals surface area contributed by atoms with Crippen molar-refractivity contribution in [1.29, 1.82) is 0 Å². The number of anilines is 6. The number of para-hydroxylation sites is 3. The molecule has 246 valence electrons. The first-order chi connectivity index (χ1) is 24.9. The number of fused-ring (bicyclic) bond motifs is 4. The summed E-state index contributed by atoms with van der Waals surface area (Å²) in [6.07, 6.45) is 0. The van der Waals surface area contributed by atoms with E-state index in [2.05, 4.69) is 213 Å². The van der Waals surface area contributed by atoms with Gasteiger partial charge in [0.2, 0.25) is 0 Å². The molecule has 0 fully saturated rings. The van der Waals surface area contributed by atoms with Gasteiger partial charge in [0.15, 0.2) is 0 Å². The monoisotopic (exact) mass is 656 g/mol. The number of benzene rings is 7. The molecule has 0 N–H and O–H groups in total. The Morgan fingerprint density at radius 2 is 0.784 bits per heavy atom. The van der Waals surface area contributed by atoms with Crippen LogP contribution >= 0.6 is 0 Å². The molecule has 0 aliphatic carbocycles. The van der Waals surface area contributed by atoms with Gasteiger partial charge >= 0.3 is 0 Å². The minimum absolute atomic E-state index is 0.0482. The van der Waals surface area contributed by atoms with E-state index in [9.17, 15) is 0 Å². The van der Waals surface area contributed by atoms with E-state index in [4.69, 9.17) is 0 Å². The highest BCUT2D eigenvalue weighted by Crippen LogP contribution is 2.48. The third-order valence-corrected chi connectivity index (χ3v) is 11.4. The van der Waals surface area contributed by atoms with E-state index in [1.165, 1.54) is 67.1 Å². The van der Waals surface area contributed by atoms with Crippen molar-refractivity contribution in [3.63, 3.8) is 0 Å². The van der Waals surface area contributed by atoms with E-state index in [1.54, 1.807) is 0 Å². The van der Waals surface area contributed by atoms with E-state index in [0.717, 1.165) is 5.69 Å². The van der Waals surface area contributed by atoms with Gasteiger partial charge in [-0.25, -0.2) is 0 Å². The smallest absolute Gasteiger partial charge is 0.252 e. The summed E-state index contributed by atoms with van der Waals surface area (Å²) in [6, 6.07) is 64.8. The van der Waals surface area contributed by atoms with Gasteiger partial charge in [-0.05, 0) is 81.1 Å². The molecule has 0 aromatic heterocycles. The van der Waals surface area contributed by atoms with Gasteiger partial charge in [-0.3, -0.25) is 0 Å². The standard InChI is InChI=1S/C48H41BN2/c1-47(2,34-20-8-5-9-21-34)37-26-14-16-29-40(37)51-42-31-18-27-38(48(3,4)35-22-10-6-11-23-35)45(42)49-39-28-15-17-30-41(39)50(36-24-12-7-13-25-36)43-32-19-33-44(51)46(43)49/h5-33H,1-4H3. The van der Waals surface area contributed by atoms with Crippen LogP contribution in [0.2, 0.25) is 0 Å². The van der Waals surface area contributed by atoms with Gasteiger partial charge in [0.1, 0.15) is 0 Å². The molecule has 2 nitrogen and oxygen atoms in total. The molecule has 7 aromatic carbocycles. The first-order valence-electron chi connectivity index (χ1n) is 18.1. The molecule has 0 amide bonds. The Bertz CT molecular complexity index is 2380. The second-order valence-corrected chi connectivity index (χ2v) is 14.9. The van der Waals surface area contributed by atoms with Gasteiger partial charge in [-0.15, -0.1) is 0 Å². The highest BCUT2D eigenvalue weighted by molar-refractivity contribution is 7.00. The Labute approximate surface area is 302 Å². The van der Waals surface area contributed by atoms with Crippen molar-refractivity contribution in [2.45, 2.75) is 38.5 Å². The molecular formula is C48H41BN2. The van der Waals surface area contributed by atoms with Crippen molar-refractivity contribution in [3.8, 4) is 0 Å². The van der Waals surface area contributed by atoms with E-state index in [1.807, 2.05) is 0 Å². The second-order valence-electron chi connectivity index (χ2n) is 14.9. The highest BCUT2D eigenvalue weighted by atomic mass is 15.2. The molecule has 51 heavy (non-hydrogen) atoms. The summed E-state index contributed by atoms with van der Waals surface area (Å²) in [5.41, 5.74) is 16.1. The molecule has 0 radical (unpaired) electrons. The van der Waals surface area contributed by atoms with Crippen LogP contribution in [0.3, 0.4) is 0 Å². The van der Waals surface area contributed by atoms with Crippen LogP contribution in [0.15, 0.2) is 176 Å². The zero-order valence-electron chi connectivity index (χ0n) is 29.7. The van der Waals surface area contributed by atoms with Crippen molar-refractivity contribution >= 4 is 57.2 Å². The van der Waals surface area contributed by atoms with Crippen LogP contribution in [-0.4, -0.2) is 6.71 Å². The number of nitrogens with zero attached hydrogens (tertiary/aromatic N) is 2. The van der Waals surface area contributed by atoms with Gasteiger partial charge in [0.05, 0.1) is 5.69 Å². The molecule has 2 aliphatic heterocycles. The molecule has 0 bridgehead atoms. The zero-order valence-corrected chi connectivity index (χ0v) is 29.7. The van der Waals surface area contributed by atoms with Crippen molar-refractivity contribution in [1.82, 2.24) is 0 Å². The van der Waals surface area contributed by atoms with Crippen LogP contribution < -0.4 is 26.2 Å². The Morgan fingerprint density at radius 1 is 0.353 bits per heavy atom. The fourth-order valence-corrected chi connectivity index (χ4v) is 8.81. The van der Waals surface area contributed by atoms with Crippen molar-refractivity contribution in [3.05, 3.63) is 198 Å². The predicted octanol–water partition coefficient (Wildman–Crippen LogP) is 10.4. The lowest BCUT2D eigenvalue weighted by molar-refractivity contribution is 0.640. The second kappa shape index (κ2) is 11.9. The van der Waals surface area contributed by atoms with Crippen LogP contribution in [0.4, 0.5) is 34.1 Å². The molecule has 0 saturated carbocycles. The van der Waals surface area contributed by atoms with Crippen LogP contribution in [0, 0.1) is 0 Å². The third-order valence-electron chi connectivity index (χ3n) is 11.4. The largest absolute Gasteiger partial charge is 0.311 e. The normalized spacial score (nSPS) is 13.4. The quantitative estimate of drug-likeness (QED) is 0.164. The Balaban J connectivity index is 1.39. The summed E-state index contributed by atoms with van der Waals surface area (Å²) < 4.78 is 0. The fourth-order valence-electron chi connectivity index (χ4n) is 8.81. The Kier molecular flexibility index (Phi) is 7.29. The number of rotatable bonds is 6. The Morgan fingerprint density at radius 3 is 1.43 bits per heavy atom. The summed E-state index contributed by atoms with van der Waals surface area (Å²) in [5.74, 6) is 0. The van der Waals surface area contributed by atoms with E-state index in [0.29, 0.717) is 0 Å². The molecule has 0 atom stereocenters. The molecule has 0 saturated heterocycles. The molecule has 9 rings (SSSR count). The first-order valence-corrected chi connectivity index (χ1v) is 18.1. The molecule has 2 aliphatic rings. The fraction of sp³-hybridized carbons (Fsp3) is 0.125. The first kappa shape index (κ1) is 31.2. The van der Waals surface area contributed by atoms with Crippen LogP contribution in [0.5, 0.6) is 0 Å². The lowest BCUT2D eigenvalue weighted by Crippen LogP contribution is -2.63. The zero-order chi connectivity index (χ0) is 34.7. The van der Waals surface area contributed by atoms with E-state index >= 15 is 0 Å². The molecule has 7 aromatic rings. The minimum atomic E-state index is -0.251. The number of hydrogen-bond donors (Lipinski definition) is 0. The van der Waals surface area contributed by atoms with E-state index < -0.39 is 0 Å². The van der Waals surface area contributed by atoms with Gasteiger partial charge in [-0.1, -0.05) is 161 Å². The topological polar surface area (TPSA) is 6.48 Å². The van der Waals surface area contributed by atoms with Crippen molar-refractivity contribution in [2.75, 3.05) is 9.80 Å². The number of hydrogen-bond acceptors (Lipinski definition) is 2. The van der Waals surface area contributed by atoms with Crippen LogP contribution in [-0.2, 0) is 10.8 Å². The third kappa shape index (κ3) is 4.79. The summed E-state index contributed by atoms with van der Waals surface area (Å²) in [7, 11) is 0. The van der Waals surface area contributed by atoms with Crippen LogP contribution in [0.25, 0.3) is 0 Å². The molecule has 0 unspecified atom stereocenters. The van der Waals surface area contributed by atoms with Gasteiger partial charge in [0, 0.05) is 39.3 Å². The molecule has 3 heteroatoms. The molecule has 0 spiro atoms. The minimum Gasteiger partial charge on any atom is -0.311 e. The summed E-state index contributed by atoms with van der Waals surface area (Å²) >= 11 is 0. The lowest BCUT2D eigenvalue weighted by atomic mass is 9.32.